The van der Waals surface area contributed by atoms with Crippen LogP contribution in [0.25, 0.3) is 10.6 Å². The van der Waals surface area contributed by atoms with Gasteiger partial charge in [0.05, 0.1) is 28.3 Å². The molecule has 0 aliphatic heterocycles. The number of carbonyl (C=O) groups is 1. The van der Waals surface area contributed by atoms with Crippen LogP contribution in [0.15, 0.2) is 47.8 Å². The number of ether oxygens (including phenoxy) is 2. The smallest absolute Gasteiger partial charge is 0.340 e. The van der Waals surface area contributed by atoms with Crippen molar-refractivity contribution in [1.82, 2.24) is 4.98 Å². The van der Waals surface area contributed by atoms with E-state index in [9.17, 15) is 14.9 Å². The lowest BCUT2D eigenvalue weighted by Crippen LogP contribution is -2.06. The number of hydrogen-bond donors (Lipinski definition) is 0. The van der Waals surface area contributed by atoms with Crippen molar-refractivity contribution in [1.29, 1.82) is 0 Å². The summed E-state index contributed by atoms with van der Waals surface area (Å²) in [6.07, 6.45) is 0. The van der Waals surface area contributed by atoms with Crippen LogP contribution in [0.2, 0.25) is 5.02 Å². The molecule has 2 aromatic carbocycles. The van der Waals surface area contributed by atoms with Gasteiger partial charge in [-0.25, -0.2) is 9.78 Å². The molecule has 0 saturated heterocycles. The molecule has 0 unspecified atom stereocenters. The maximum Gasteiger partial charge on any atom is 0.340 e. The molecule has 27 heavy (non-hydrogen) atoms. The van der Waals surface area contributed by atoms with Crippen LogP contribution in [0.4, 0.5) is 5.69 Å². The maximum absolute atomic E-state index is 12.2. The predicted octanol–water partition coefficient (Wildman–Crippen LogP) is 4.74. The molecular weight excluding hydrogens is 392 g/mol. The first-order chi connectivity index (χ1) is 13.0. The summed E-state index contributed by atoms with van der Waals surface area (Å²) in [5, 5.41) is 13.2. The van der Waals surface area contributed by atoms with E-state index < -0.39 is 10.9 Å². The van der Waals surface area contributed by atoms with E-state index >= 15 is 0 Å². The summed E-state index contributed by atoms with van der Waals surface area (Å²) in [5.41, 5.74) is 1.35. The molecule has 1 heterocycles. The lowest BCUT2D eigenvalue weighted by atomic mass is 10.2. The van der Waals surface area contributed by atoms with Crippen molar-refractivity contribution < 1.29 is 19.2 Å². The Labute approximate surface area is 163 Å². The molecule has 1 aromatic heterocycles. The molecule has 0 radical (unpaired) electrons. The number of thiazole rings is 1. The number of carbonyl (C=O) groups excluding carboxylic acids is 1. The summed E-state index contributed by atoms with van der Waals surface area (Å²) in [6.45, 7) is -0.0351. The van der Waals surface area contributed by atoms with E-state index in [4.69, 9.17) is 21.1 Å². The number of nitrogens with zero attached hydrogens (tertiary/aromatic N) is 2. The molecule has 0 saturated carbocycles. The second-order valence-electron chi connectivity index (χ2n) is 5.37. The van der Waals surface area contributed by atoms with Gasteiger partial charge in [-0.1, -0.05) is 23.7 Å². The molecule has 0 amide bonds. The highest BCUT2D eigenvalue weighted by molar-refractivity contribution is 7.13. The minimum absolute atomic E-state index is 0.0351. The molecule has 0 spiro atoms. The lowest BCUT2D eigenvalue weighted by Gasteiger charge is -2.05. The van der Waals surface area contributed by atoms with Crippen molar-refractivity contribution in [2.75, 3.05) is 7.11 Å². The third-order valence-corrected chi connectivity index (χ3v) is 4.86. The number of rotatable bonds is 6. The van der Waals surface area contributed by atoms with Gasteiger partial charge in [0.25, 0.3) is 5.69 Å². The summed E-state index contributed by atoms with van der Waals surface area (Å²) >= 11 is 7.35. The number of nitro groups is 1. The molecule has 9 heteroatoms. The van der Waals surface area contributed by atoms with Crippen LogP contribution in [0.3, 0.4) is 0 Å². The summed E-state index contributed by atoms with van der Waals surface area (Å²) < 4.78 is 10.4. The van der Waals surface area contributed by atoms with Crippen LogP contribution in [0.1, 0.15) is 16.1 Å². The monoisotopic (exact) mass is 404 g/mol. The van der Waals surface area contributed by atoms with Crippen molar-refractivity contribution >= 4 is 34.6 Å². The van der Waals surface area contributed by atoms with Crippen LogP contribution in [-0.4, -0.2) is 23.0 Å². The number of aromatic nitrogens is 1. The van der Waals surface area contributed by atoms with Crippen molar-refractivity contribution in [3.05, 3.63) is 74.2 Å². The molecule has 0 aliphatic rings. The first-order valence-corrected chi connectivity index (χ1v) is 8.93. The fourth-order valence-electron chi connectivity index (χ4n) is 2.26. The van der Waals surface area contributed by atoms with Gasteiger partial charge in [-0.2, -0.15) is 0 Å². The Balaban J connectivity index is 1.68. The van der Waals surface area contributed by atoms with Gasteiger partial charge in [0, 0.05) is 23.1 Å². The summed E-state index contributed by atoms with van der Waals surface area (Å²) in [7, 11) is 1.59. The highest BCUT2D eigenvalue weighted by atomic mass is 35.5. The van der Waals surface area contributed by atoms with E-state index in [1.807, 2.05) is 24.3 Å². The lowest BCUT2D eigenvalue weighted by molar-refractivity contribution is -0.384. The number of methoxy groups -OCH3 is 1. The van der Waals surface area contributed by atoms with E-state index in [1.54, 1.807) is 12.5 Å². The third-order valence-electron chi connectivity index (χ3n) is 3.60. The molecule has 7 nitrogen and oxygen atoms in total. The van der Waals surface area contributed by atoms with Crippen LogP contribution in [0.5, 0.6) is 5.75 Å². The summed E-state index contributed by atoms with van der Waals surface area (Å²) in [4.78, 5) is 26.7. The van der Waals surface area contributed by atoms with Gasteiger partial charge in [0.1, 0.15) is 17.4 Å². The quantitative estimate of drug-likeness (QED) is 0.335. The van der Waals surface area contributed by atoms with Crippen molar-refractivity contribution in [3.63, 3.8) is 0 Å². The maximum atomic E-state index is 12.2. The second-order valence-corrected chi connectivity index (χ2v) is 6.64. The van der Waals surface area contributed by atoms with Gasteiger partial charge < -0.3 is 9.47 Å². The fourth-order valence-corrected chi connectivity index (χ4v) is 3.32. The van der Waals surface area contributed by atoms with Crippen molar-refractivity contribution in [2.45, 2.75) is 6.61 Å². The molecule has 3 rings (SSSR count). The molecule has 138 valence electrons. The first-order valence-electron chi connectivity index (χ1n) is 7.68. The highest BCUT2D eigenvalue weighted by Gasteiger charge is 2.17. The number of benzene rings is 2. The van der Waals surface area contributed by atoms with E-state index in [2.05, 4.69) is 4.98 Å². The molecule has 3 aromatic rings. The average molecular weight is 405 g/mol. The Morgan fingerprint density at radius 3 is 2.81 bits per heavy atom. The molecule has 0 atom stereocenters. The minimum Gasteiger partial charge on any atom is -0.497 e. The zero-order chi connectivity index (χ0) is 19.4. The number of hydrogen-bond acceptors (Lipinski definition) is 7. The van der Waals surface area contributed by atoms with Crippen LogP contribution in [0, 0.1) is 10.1 Å². The van der Waals surface area contributed by atoms with Gasteiger partial charge in [-0.15, -0.1) is 11.3 Å². The molecule has 0 N–H and O–H groups in total. The van der Waals surface area contributed by atoms with Crippen LogP contribution in [-0.2, 0) is 11.3 Å². The zero-order valence-electron chi connectivity index (χ0n) is 14.0. The van der Waals surface area contributed by atoms with Gasteiger partial charge in [-0.3, -0.25) is 10.1 Å². The fraction of sp³-hybridized carbons (Fsp3) is 0.111. The Kier molecular flexibility index (Phi) is 5.68. The number of nitro benzene ring substituents is 1. The van der Waals surface area contributed by atoms with E-state index in [1.165, 1.54) is 23.5 Å². The summed E-state index contributed by atoms with van der Waals surface area (Å²) in [5.74, 6) is 0.0503. The molecule has 0 fully saturated rings. The van der Waals surface area contributed by atoms with Gasteiger partial charge >= 0.3 is 5.97 Å². The molecular formula is C18H13ClN2O5S. The van der Waals surface area contributed by atoms with E-state index in [-0.39, 0.29) is 22.9 Å². The molecule has 0 aliphatic carbocycles. The summed E-state index contributed by atoms with van der Waals surface area (Å²) in [6, 6.07) is 11.1. The Hall–Kier alpha value is -2.97. The topological polar surface area (TPSA) is 91.6 Å². The number of halogens is 1. The Bertz CT molecular complexity index is 1000. The first kappa shape index (κ1) is 18.8. The largest absolute Gasteiger partial charge is 0.497 e. The Morgan fingerprint density at radius 1 is 1.30 bits per heavy atom. The zero-order valence-corrected chi connectivity index (χ0v) is 15.6. The van der Waals surface area contributed by atoms with Crippen molar-refractivity contribution in [2.24, 2.45) is 0 Å². The second kappa shape index (κ2) is 8.15. The number of non-ortho nitro benzene ring substituents is 1. The van der Waals surface area contributed by atoms with Gasteiger partial charge in [0.15, 0.2) is 0 Å². The normalized spacial score (nSPS) is 10.4. The van der Waals surface area contributed by atoms with Gasteiger partial charge in [-0.05, 0) is 18.2 Å². The highest BCUT2D eigenvalue weighted by Crippen LogP contribution is 2.27. The predicted molar refractivity (Wildman–Crippen MR) is 101 cm³/mol. The van der Waals surface area contributed by atoms with Gasteiger partial charge in [0.2, 0.25) is 0 Å². The van der Waals surface area contributed by atoms with E-state index in [0.717, 1.165) is 22.4 Å². The molecule has 0 bridgehead atoms. The average Bonchev–Trinajstić information content (AvgIpc) is 3.15. The standard InChI is InChI=1S/C18H13ClN2O5S/c1-25-14-4-2-3-11(7-14)17-20-12(10-27-17)9-26-18(22)15-6-5-13(21(23)24)8-16(15)19/h2-8,10H,9H2,1H3. The van der Waals surface area contributed by atoms with Crippen LogP contribution >= 0.6 is 22.9 Å². The Morgan fingerprint density at radius 2 is 2.11 bits per heavy atom. The van der Waals surface area contributed by atoms with E-state index in [0.29, 0.717) is 5.69 Å². The SMILES string of the molecule is COc1cccc(-c2nc(COC(=O)c3ccc([N+](=O)[O-])cc3Cl)cs2)c1. The third kappa shape index (κ3) is 4.42. The van der Waals surface area contributed by atoms with Crippen LogP contribution < -0.4 is 4.74 Å². The van der Waals surface area contributed by atoms with Crippen molar-refractivity contribution in [3.8, 4) is 16.3 Å². The minimum atomic E-state index is -0.675. The number of esters is 1.